The summed E-state index contributed by atoms with van der Waals surface area (Å²) in [5, 5.41) is 24.3. The van der Waals surface area contributed by atoms with Crippen LogP contribution in [0.2, 0.25) is 0 Å². The van der Waals surface area contributed by atoms with E-state index in [1.807, 2.05) is 0 Å². The molecule has 1 saturated heterocycles. The van der Waals surface area contributed by atoms with Gasteiger partial charge in [-0.05, 0) is 24.2 Å². The molecule has 0 amide bonds. The number of aromatic nitrogens is 6. The number of carboxylic acids is 1. The topological polar surface area (TPSA) is 159 Å². The summed E-state index contributed by atoms with van der Waals surface area (Å²) in [4.78, 5) is 28.1. The van der Waals surface area contributed by atoms with Crippen LogP contribution in [0.5, 0.6) is 0 Å². The molecule has 3 rings (SSSR count). The summed E-state index contributed by atoms with van der Waals surface area (Å²) in [5.74, 6) is -0.644. The molecule has 25 heavy (non-hydrogen) atoms. The molecule has 0 aromatic carbocycles. The zero-order chi connectivity index (χ0) is 17.5. The predicted octanol–water partition coefficient (Wildman–Crippen LogP) is -4.35. The van der Waals surface area contributed by atoms with Crippen LogP contribution in [0.25, 0.3) is 0 Å². The van der Waals surface area contributed by atoms with E-state index in [1.165, 1.54) is 9.31 Å². The molecular formula is C9H12N9NaO3S3. The van der Waals surface area contributed by atoms with Crippen molar-refractivity contribution in [2.75, 3.05) is 7.05 Å². The van der Waals surface area contributed by atoms with Crippen molar-refractivity contribution >= 4 is 42.3 Å². The van der Waals surface area contributed by atoms with Gasteiger partial charge in [0, 0.05) is 19.0 Å². The zero-order valence-corrected chi connectivity index (χ0v) is 17.8. The van der Waals surface area contributed by atoms with E-state index in [0.717, 1.165) is 23.7 Å². The van der Waals surface area contributed by atoms with Crippen LogP contribution in [0.4, 0.5) is 0 Å². The van der Waals surface area contributed by atoms with Gasteiger partial charge in [-0.3, -0.25) is 15.1 Å². The molecule has 3 heterocycles. The molecule has 0 radical (unpaired) electrons. The van der Waals surface area contributed by atoms with Crippen molar-refractivity contribution in [2.45, 2.75) is 27.7 Å². The summed E-state index contributed by atoms with van der Waals surface area (Å²) in [6, 6.07) is 0. The second-order valence-corrected chi connectivity index (χ2v) is 7.25. The average molecular weight is 413 g/mol. The molecule has 2 aromatic heterocycles. The molecule has 1 aliphatic heterocycles. The van der Waals surface area contributed by atoms with Crippen LogP contribution in [0.3, 0.4) is 0 Å². The van der Waals surface area contributed by atoms with Crippen molar-refractivity contribution in [3.8, 4) is 0 Å². The Hall–Kier alpha value is -0.520. The van der Waals surface area contributed by atoms with Crippen LogP contribution >= 0.6 is 23.7 Å². The summed E-state index contributed by atoms with van der Waals surface area (Å²) in [5.41, 5.74) is 1.59. The summed E-state index contributed by atoms with van der Waals surface area (Å²) in [6.07, 6.45) is 0. The molecule has 0 saturated carbocycles. The van der Waals surface area contributed by atoms with E-state index in [9.17, 15) is 14.7 Å². The minimum atomic E-state index is -1.68. The average Bonchev–Trinajstić information content (AvgIpc) is 3.16. The van der Waals surface area contributed by atoms with E-state index in [1.54, 1.807) is 14.0 Å². The van der Waals surface area contributed by atoms with Crippen LogP contribution in [0.1, 0.15) is 5.82 Å². The van der Waals surface area contributed by atoms with E-state index in [0.29, 0.717) is 5.82 Å². The molecule has 12 nitrogen and oxygen atoms in total. The van der Waals surface area contributed by atoms with Crippen molar-refractivity contribution in [1.82, 2.24) is 45.1 Å². The minimum absolute atomic E-state index is 0. The summed E-state index contributed by atoms with van der Waals surface area (Å²) >= 11 is 7.13. The number of hydrazine groups is 1. The first-order valence-electron chi connectivity index (χ1n) is 6.41. The van der Waals surface area contributed by atoms with Crippen molar-refractivity contribution in [2.24, 2.45) is 0 Å². The molecule has 0 aliphatic carbocycles. The fourth-order valence-electron chi connectivity index (χ4n) is 1.91. The molecule has 1 aliphatic rings. The van der Waals surface area contributed by atoms with Gasteiger partial charge in [0.15, 0.2) is 0 Å². The largest absolute Gasteiger partial charge is 1.00 e. The molecular weight excluding hydrogens is 401 g/mol. The van der Waals surface area contributed by atoms with Crippen molar-refractivity contribution in [1.29, 1.82) is 0 Å². The molecule has 16 heteroatoms. The molecule has 5 N–H and O–H groups in total. The maximum atomic E-state index is 12.1. The Bertz CT molecular complexity index is 811. The van der Waals surface area contributed by atoms with Gasteiger partial charge in [0.25, 0.3) is 0 Å². The van der Waals surface area contributed by atoms with Gasteiger partial charge < -0.3 is 17.7 Å². The number of hydrogen-bond donors (Lipinski definition) is 5. The van der Waals surface area contributed by atoms with Crippen molar-refractivity contribution in [3.63, 3.8) is 0 Å². The third-order valence-electron chi connectivity index (χ3n) is 2.94. The number of aryl methyl sites for hydroxylation is 1. The fraction of sp³-hybridized carbons (Fsp3) is 0.444. The Morgan fingerprint density at radius 1 is 1.40 bits per heavy atom. The second-order valence-electron chi connectivity index (χ2n) is 4.70. The summed E-state index contributed by atoms with van der Waals surface area (Å²) in [6.45, 7) is 1.70. The van der Waals surface area contributed by atoms with Crippen LogP contribution in [-0.4, -0.2) is 68.3 Å². The SMILES string of the molecule is Cc1nc(SC2(C(=O)O)NN(C)C([S-])N2Sc2n[nH]c(=O)[nH]2)n[nH]1.[Na+]. The molecule has 2 aromatic rings. The number of aromatic amines is 3. The first-order chi connectivity index (χ1) is 11.3. The van der Waals surface area contributed by atoms with Gasteiger partial charge in [0.05, 0.1) is 0 Å². The van der Waals surface area contributed by atoms with Gasteiger partial charge in [0.1, 0.15) is 5.82 Å². The van der Waals surface area contributed by atoms with Crippen LogP contribution < -0.4 is 40.7 Å². The third-order valence-corrected chi connectivity index (χ3v) is 5.88. The number of carboxylic acid groups (broad SMARTS) is 1. The number of nitrogens with one attached hydrogen (secondary N) is 4. The quantitative estimate of drug-likeness (QED) is 0.182. The van der Waals surface area contributed by atoms with E-state index >= 15 is 0 Å². The van der Waals surface area contributed by atoms with Gasteiger partial charge in [-0.15, -0.1) is 10.2 Å². The maximum absolute atomic E-state index is 12.1. The molecule has 0 bridgehead atoms. The normalized spacial score (nSPS) is 24.4. The van der Waals surface area contributed by atoms with E-state index in [4.69, 9.17) is 12.6 Å². The van der Waals surface area contributed by atoms with Crippen molar-refractivity contribution in [3.05, 3.63) is 16.3 Å². The van der Waals surface area contributed by atoms with Gasteiger partial charge >= 0.3 is 41.2 Å². The van der Waals surface area contributed by atoms with Gasteiger partial charge in [-0.1, -0.05) is 0 Å². The molecule has 2 atom stereocenters. The predicted molar refractivity (Wildman–Crippen MR) is 86.3 cm³/mol. The summed E-state index contributed by atoms with van der Waals surface area (Å²) in [7, 11) is 1.62. The minimum Gasteiger partial charge on any atom is -0.756 e. The standard InChI is InChI=1S/C9H13N9O3S3.Na/c1-3-10-6(14-12-3)23-9(4(19)20)16-17(2)8(22)18(9)24-7-11-5(21)13-15-7;/h8,16,22H,1-2H3,(H,19,20)(H,10,12,14)(H2,11,13,15,21);/q;+1/p-1. The first kappa shape index (κ1) is 20.8. The Labute approximate surface area is 177 Å². The smallest absolute Gasteiger partial charge is 0.756 e. The van der Waals surface area contributed by atoms with Crippen molar-refractivity contribution < 1.29 is 39.5 Å². The Morgan fingerprint density at radius 2 is 2.12 bits per heavy atom. The number of rotatable bonds is 5. The van der Waals surface area contributed by atoms with Crippen LogP contribution in [-0.2, 0) is 17.4 Å². The maximum Gasteiger partial charge on any atom is 1.00 e. The number of aliphatic carboxylic acids is 1. The van der Waals surface area contributed by atoms with E-state index in [2.05, 4.69) is 35.8 Å². The Kier molecular flexibility index (Phi) is 6.66. The van der Waals surface area contributed by atoms with Gasteiger partial charge in [-0.2, -0.15) is 0 Å². The molecule has 0 spiro atoms. The number of nitrogens with zero attached hydrogens (tertiary/aromatic N) is 5. The number of H-pyrrole nitrogens is 3. The number of thioether (sulfide) groups is 1. The van der Waals surface area contributed by atoms with Crippen LogP contribution in [0, 0.1) is 6.92 Å². The Morgan fingerprint density at radius 3 is 2.64 bits per heavy atom. The molecule has 1 fully saturated rings. The molecule has 130 valence electrons. The zero-order valence-electron chi connectivity index (χ0n) is 13.3. The number of carbonyl (C=O) groups is 1. The van der Waals surface area contributed by atoms with Crippen LogP contribution in [0.15, 0.2) is 15.1 Å². The third kappa shape index (κ3) is 4.09. The second kappa shape index (κ2) is 8.01. The fourth-order valence-corrected chi connectivity index (χ4v) is 4.44. The van der Waals surface area contributed by atoms with Gasteiger partial charge in [0.2, 0.25) is 15.3 Å². The number of hydrogen-bond acceptors (Lipinski definition) is 11. The first-order valence-corrected chi connectivity index (χ1v) is 8.48. The van der Waals surface area contributed by atoms with E-state index < -0.39 is 22.2 Å². The monoisotopic (exact) mass is 413 g/mol. The summed E-state index contributed by atoms with van der Waals surface area (Å²) < 4.78 is 1.38. The Balaban J connectivity index is 0.00000225. The van der Waals surface area contributed by atoms with E-state index in [-0.39, 0.29) is 39.9 Å². The molecule has 2 unspecified atom stereocenters. The van der Waals surface area contributed by atoms with Gasteiger partial charge in [-0.25, -0.2) is 29.4 Å².